The number of pyridine rings is 1. The highest BCUT2D eigenvalue weighted by Crippen LogP contribution is 2.35. The molecular formula is C30H38N8O3. The number of rotatable bonds is 12. The Hall–Kier alpha value is -4.38. The smallest absolute Gasteiger partial charge is 0.242 e. The maximum atomic E-state index is 13.4. The molecular weight excluding hydrogens is 520 g/mol. The highest BCUT2D eigenvalue weighted by Gasteiger charge is 2.44. The van der Waals surface area contributed by atoms with Gasteiger partial charge in [-0.1, -0.05) is 26.5 Å². The van der Waals surface area contributed by atoms with Crippen LogP contribution in [0.25, 0.3) is 11.3 Å². The number of likely N-dealkylation sites (tertiary alicyclic amines) is 1. The zero-order valence-electron chi connectivity index (χ0n) is 24.6. The molecule has 2 aromatic rings. The van der Waals surface area contributed by atoms with E-state index in [2.05, 4.69) is 31.8 Å². The summed E-state index contributed by atoms with van der Waals surface area (Å²) < 4.78 is 0. The van der Waals surface area contributed by atoms with E-state index in [-0.39, 0.29) is 35.1 Å². The summed E-state index contributed by atoms with van der Waals surface area (Å²) in [6.45, 7) is 11.6. The van der Waals surface area contributed by atoms with Gasteiger partial charge in [-0.25, -0.2) is 9.97 Å². The molecule has 0 saturated carbocycles. The zero-order valence-corrected chi connectivity index (χ0v) is 24.6. The van der Waals surface area contributed by atoms with Crippen molar-refractivity contribution in [1.82, 2.24) is 24.8 Å². The average molecular weight is 559 g/mol. The van der Waals surface area contributed by atoms with E-state index in [4.69, 9.17) is 5.41 Å². The van der Waals surface area contributed by atoms with Crippen LogP contribution in [0.1, 0.15) is 45.5 Å². The maximum Gasteiger partial charge on any atom is 0.242 e. The van der Waals surface area contributed by atoms with Crippen molar-refractivity contribution in [2.75, 3.05) is 32.5 Å². The first kappa shape index (κ1) is 31.2. The molecule has 0 aliphatic carbocycles. The summed E-state index contributed by atoms with van der Waals surface area (Å²) in [4.78, 5) is 59.8. The Morgan fingerprint density at radius 1 is 1.22 bits per heavy atom. The molecule has 11 heteroatoms. The molecule has 1 amide bonds. The summed E-state index contributed by atoms with van der Waals surface area (Å²) in [7, 11) is 3.85. The fraction of sp³-hybridized carbons (Fsp3) is 0.400. The van der Waals surface area contributed by atoms with Crippen LogP contribution >= 0.6 is 0 Å². The summed E-state index contributed by atoms with van der Waals surface area (Å²) in [5.74, 6) is -0.311. The lowest BCUT2D eigenvalue weighted by Crippen LogP contribution is -2.45. The zero-order chi connectivity index (χ0) is 30.3. The lowest BCUT2D eigenvalue weighted by atomic mass is 9.89. The van der Waals surface area contributed by atoms with Gasteiger partial charge >= 0.3 is 0 Å². The molecule has 11 nitrogen and oxygen atoms in total. The van der Waals surface area contributed by atoms with Gasteiger partial charge in [0.1, 0.15) is 17.2 Å². The van der Waals surface area contributed by atoms with Crippen molar-refractivity contribution in [2.45, 2.75) is 46.7 Å². The fourth-order valence-corrected chi connectivity index (χ4v) is 4.66. The van der Waals surface area contributed by atoms with Gasteiger partial charge in [0.25, 0.3) is 0 Å². The van der Waals surface area contributed by atoms with E-state index in [0.29, 0.717) is 47.8 Å². The van der Waals surface area contributed by atoms with E-state index in [1.807, 2.05) is 32.8 Å². The van der Waals surface area contributed by atoms with Gasteiger partial charge in [0.15, 0.2) is 5.78 Å². The number of aliphatic imine (C=N–C) groups is 1. The van der Waals surface area contributed by atoms with Crippen molar-refractivity contribution in [1.29, 1.82) is 5.41 Å². The molecule has 41 heavy (non-hydrogen) atoms. The largest absolute Gasteiger partial charge is 0.374 e. The Morgan fingerprint density at radius 2 is 1.90 bits per heavy atom. The number of hydrogen-bond acceptors (Lipinski definition) is 10. The van der Waals surface area contributed by atoms with Crippen molar-refractivity contribution >= 4 is 34.6 Å². The van der Waals surface area contributed by atoms with E-state index in [9.17, 15) is 14.4 Å². The molecule has 1 aliphatic rings. The standard InChI is InChI=1S/C30H38N8O3/c1-8-10-22(32-9-2)29(41)25-12-30(4,5)18-38(25)27(40)16-34-24-15-33-23(11-21(24)28(31)19(3)39)20-13-35-26(36-14-20)17-37(6)7/h8-11,13-15,25,31,34H,2,12,16-18H2,1,3-7H3/b10-8-,31-28?,32-22+/t25-/m0/s1. The number of amides is 1. The molecule has 1 atom stereocenters. The summed E-state index contributed by atoms with van der Waals surface area (Å²) in [6.07, 6.45) is 9.93. The molecule has 2 aromatic heterocycles. The first-order valence-corrected chi connectivity index (χ1v) is 13.3. The lowest BCUT2D eigenvalue weighted by molar-refractivity contribution is -0.134. The van der Waals surface area contributed by atoms with Crippen LogP contribution < -0.4 is 5.32 Å². The van der Waals surface area contributed by atoms with Crippen LogP contribution in [0.5, 0.6) is 0 Å². The predicted octanol–water partition coefficient (Wildman–Crippen LogP) is 3.33. The van der Waals surface area contributed by atoms with Crippen molar-refractivity contribution in [3.8, 4) is 11.3 Å². The topological polar surface area (TPSA) is 145 Å². The van der Waals surface area contributed by atoms with Gasteiger partial charge in [-0.2, -0.15) is 0 Å². The van der Waals surface area contributed by atoms with Crippen molar-refractivity contribution in [2.24, 2.45) is 10.4 Å². The third kappa shape index (κ3) is 7.85. The molecule has 0 spiro atoms. The van der Waals surface area contributed by atoms with Crippen molar-refractivity contribution in [3.63, 3.8) is 0 Å². The Morgan fingerprint density at radius 3 is 2.49 bits per heavy atom. The number of ketones is 2. The minimum Gasteiger partial charge on any atom is -0.374 e. The third-order valence-corrected chi connectivity index (χ3v) is 6.57. The van der Waals surface area contributed by atoms with Crippen LogP contribution in [-0.2, 0) is 20.9 Å². The third-order valence-electron chi connectivity index (χ3n) is 6.57. The lowest BCUT2D eigenvalue weighted by Gasteiger charge is -2.24. The van der Waals surface area contributed by atoms with Gasteiger partial charge in [0, 0.05) is 43.2 Å². The molecule has 216 valence electrons. The van der Waals surface area contributed by atoms with E-state index in [1.54, 1.807) is 42.4 Å². The van der Waals surface area contributed by atoms with Crippen LogP contribution in [0.2, 0.25) is 0 Å². The number of carbonyl (C=O) groups is 3. The van der Waals surface area contributed by atoms with Gasteiger partial charge in [0.05, 0.1) is 36.7 Å². The first-order chi connectivity index (χ1) is 19.4. The molecule has 0 unspecified atom stereocenters. The SMILES string of the molecule is C=C/N=C(\C=C/C)C(=O)[C@@H]1CC(C)(C)CN1C(=O)CNc1cnc(-c2cnc(CN(C)C)nc2)cc1C(=N)C(C)=O. The highest BCUT2D eigenvalue weighted by atomic mass is 16.2. The van der Waals surface area contributed by atoms with Gasteiger partial charge in [-0.3, -0.25) is 29.8 Å². The summed E-state index contributed by atoms with van der Waals surface area (Å²) in [5.41, 5.74) is 1.54. The van der Waals surface area contributed by atoms with Crippen molar-refractivity contribution < 1.29 is 14.4 Å². The summed E-state index contributed by atoms with van der Waals surface area (Å²) in [5, 5.41) is 11.4. The van der Waals surface area contributed by atoms with Gasteiger partial charge in [0.2, 0.25) is 11.7 Å². The molecule has 2 N–H and O–H groups in total. The van der Waals surface area contributed by atoms with Crippen LogP contribution in [-0.4, -0.2) is 86.9 Å². The summed E-state index contributed by atoms with van der Waals surface area (Å²) in [6, 6.07) is 0.946. The Labute approximate surface area is 241 Å². The Kier molecular flexibility index (Phi) is 10.1. The Balaban J connectivity index is 1.85. The minimum absolute atomic E-state index is 0.154. The number of aromatic nitrogens is 3. The molecule has 1 aliphatic heterocycles. The number of anilines is 1. The number of nitrogens with zero attached hydrogens (tertiary/aromatic N) is 6. The van der Waals surface area contributed by atoms with Crippen LogP contribution in [0, 0.1) is 10.8 Å². The quantitative estimate of drug-likeness (QED) is 0.378. The van der Waals surface area contributed by atoms with Gasteiger partial charge in [-0.05, 0) is 45.0 Å². The van der Waals surface area contributed by atoms with Gasteiger partial charge < -0.3 is 15.1 Å². The molecule has 1 fully saturated rings. The monoisotopic (exact) mass is 558 g/mol. The van der Waals surface area contributed by atoms with Crippen LogP contribution in [0.15, 0.2) is 54.6 Å². The number of allylic oxidation sites excluding steroid dienone is 2. The van der Waals surface area contributed by atoms with Gasteiger partial charge in [-0.15, -0.1) is 0 Å². The molecule has 0 bridgehead atoms. The minimum atomic E-state index is -0.667. The van der Waals surface area contributed by atoms with E-state index >= 15 is 0 Å². The second-order valence-electron chi connectivity index (χ2n) is 11.0. The number of hydrogen-bond donors (Lipinski definition) is 2. The van der Waals surface area contributed by atoms with Crippen LogP contribution in [0.4, 0.5) is 5.69 Å². The number of carbonyl (C=O) groups excluding carboxylic acids is 3. The molecule has 0 radical (unpaired) electrons. The Bertz CT molecular complexity index is 1390. The first-order valence-electron chi connectivity index (χ1n) is 13.3. The molecule has 1 saturated heterocycles. The predicted molar refractivity (Wildman–Crippen MR) is 160 cm³/mol. The highest BCUT2D eigenvalue weighted by molar-refractivity contribution is 6.46. The molecule has 0 aromatic carbocycles. The van der Waals surface area contributed by atoms with E-state index in [0.717, 1.165) is 0 Å². The fourth-order valence-electron chi connectivity index (χ4n) is 4.66. The van der Waals surface area contributed by atoms with Crippen molar-refractivity contribution in [3.05, 3.63) is 61.0 Å². The normalized spacial score (nSPS) is 16.7. The number of Topliss-reactive ketones (excluding diaryl/α,β-unsaturated/α-hetero) is 2. The molecule has 3 heterocycles. The average Bonchev–Trinajstić information content (AvgIpc) is 3.26. The second kappa shape index (κ2) is 13.3. The van der Waals surface area contributed by atoms with E-state index < -0.39 is 11.8 Å². The number of nitrogens with one attached hydrogen (secondary N) is 2. The summed E-state index contributed by atoms with van der Waals surface area (Å²) >= 11 is 0. The molecule has 3 rings (SSSR count). The van der Waals surface area contributed by atoms with Crippen LogP contribution in [0.3, 0.4) is 0 Å². The maximum absolute atomic E-state index is 13.4. The second-order valence-corrected chi connectivity index (χ2v) is 11.0. The van der Waals surface area contributed by atoms with E-state index in [1.165, 1.54) is 19.3 Å².